The van der Waals surface area contributed by atoms with Crippen molar-refractivity contribution in [1.82, 2.24) is 0 Å². The molecule has 0 bridgehead atoms. The molecule has 0 radical (unpaired) electrons. The highest BCUT2D eigenvalue weighted by atomic mass is 19.3. The average Bonchev–Trinajstić information content (AvgIpc) is 1.99. The molecule has 0 amide bonds. The molecule has 0 spiro atoms. The molecule has 0 heterocycles. The first-order chi connectivity index (χ1) is 6.18. The molecule has 0 saturated heterocycles. The molecule has 14 heavy (non-hydrogen) atoms. The summed E-state index contributed by atoms with van der Waals surface area (Å²) in [5.74, 6) is -1.35. The minimum Gasteiger partial charge on any atom is -0.481 e. The molecular weight excluding hydrogens is 204 g/mol. The Morgan fingerprint density at radius 3 is 2.00 bits per heavy atom. The zero-order valence-corrected chi connectivity index (χ0v) is 7.81. The fourth-order valence-corrected chi connectivity index (χ4v) is 1.05. The second-order valence-electron chi connectivity index (χ2n) is 3.74. The van der Waals surface area contributed by atoms with Crippen molar-refractivity contribution in [2.24, 2.45) is 5.41 Å². The van der Waals surface area contributed by atoms with E-state index in [2.05, 4.69) is 0 Å². The second kappa shape index (κ2) is 4.61. The summed E-state index contributed by atoms with van der Waals surface area (Å²) < 4.78 is 49.2. The third-order valence-corrected chi connectivity index (χ3v) is 1.87. The van der Waals surface area contributed by atoms with Crippen molar-refractivity contribution < 1.29 is 27.5 Å². The normalized spacial score (nSPS) is 16.8. The van der Waals surface area contributed by atoms with E-state index >= 15 is 0 Å². The molecular formula is C8H12F4O2. The van der Waals surface area contributed by atoms with Crippen molar-refractivity contribution in [3.05, 3.63) is 0 Å². The van der Waals surface area contributed by atoms with E-state index in [-0.39, 0.29) is 0 Å². The van der Waals surface area contributed by atoms with Gasteiger partial charge in [-0.3, -0.25) is 4.79 Å². The van der Waals surface area contributed by atoms with Gasteiger partial charge < -0.3 is 5.11 Å². The fraction of sp³-hybridized carbons (Fsp3) is 0.875. The Balaban J connectivity index is 4.48. The molecule has 84 valence electrons. The molecule has 2 atom stereocenters. The molecule has 0 fully saturated rings. The Hall–Kier alpha value is -0.810. The zero-order chi connectivity index (χ0) is 11.5. The number of carboxylic acids is 1. The van der Waals surface area contributed by atoms with Gasteiger partial charge in [-0.05, 0) is 0 Å². The second-order valence-corrected chi connectivity index (χ2v) is 3.74. The Morgan fingerprint density at radius 2 is 1.71 bits per heavy atom. The number of carbonyl (C=O) groups is 1. The van der Waals surface area contributed by atoms with Gasteiger partial charge in [0.15, 0.2) is 6.17 Å². The average molecular weight is 216 g/mol. The predicted molar refractivity (Wildman–Crippen MR) is 41.8 cm³/mol. The maximum absolute atomic E-state index is 13.1. The number of carboxylic acid groups (broad SMARTS) is 1. The Kier molecular flexibility index (Phi) is 4.35. The highest BCUT2D eigenvalue weighted by molar-refractivity contribution is 5.67. The number of rotatable bonds is 5. The van der Waals surface area contributed by atoms with Crippen LogP contribution in [0.15, 0.2) is 0 Å². The van der Waals surface area contributed by atoms with Crippen LogP contribution in [0, 0.1) is 5.41 Å². The lowest BCUT2D eigenvalue weighted by molar-refractivity contribution is -0.141. The quantitative estimate of drug-likeness (QED) is 0.716. The van der Waals surface area contributed by atoms with Crippen molar-refractivity contribution in [2.75, 3.05) is 0 Å². The Labute approximate surface area is 78.9 Å². The van der Waals surface area contributed by atoms with Gasteiger partial charge in [0.05, 0.1) is 6.42 Å². The molecule has 0 aromatic heterocycles. The van der Waals surface area contributed by atoms with Crippen molar-refractivity contribution >= 4 is 5.97 Å². The van der Waals surface area contributed by atoms with Gasteiger partial charge in [-0.1, -0.05) is 13.8 Å². The third-order valence-electron chi connectivity index (χ3n) is 1.87. The third kappa shape index (κ3) is 3.51. The molecule has 2 nitrogen and oxygen atoms in total. The van der Waals surface area contributed by atoms with E-state index in [4.69, 9.17) is 5.11 Å². The van der Waals surface area contributed by atoms with Gasteiger partial charge >= 0.3 is 5.97 Å². The van der Waals surface area contributed by atoms with E-state index in [0.717, 1.165) is 13.8 Å². The van der Waals surface area contributed by atoms with Crippen LogP contribution in [0.1, 0.15) is 20.3 Å². The van der Waals surface area contributed by atoms with Crippen LogP contribution in [0.4, 0.5) is 17.6 Å². The van der Waals surface area contributed by atoms with E-state index in [0.29, 0.717) is 0 Å². The minimum absolute atomic E-state index is 0.693. The standard InChI is InChI=1S/C8H12F4O2/c1-8(2,3-4(13)14)6(10)5(9)7(11)12/h5-7H,3H2,1-2H3,(H,13,14). The van der Waals surface area contributed by atoms with Gasteiger partial charge in [-0.15, -0.1) is 0 Å². The van der Waals surface area contributed by atoms with Gasteiger partial charge in [0.25, 0.3) is 6.43 Å². The summed E-state index contributed by atoms with van der Waals surface area (Å²) in [4.78, 5) is 10.2. The summed E-state index contributed by atoms with van der Waals surface area (Å²) in [6.45, 7) is 2.20. The van der Waals surface area contributed by atoms with Crippen LogP contribution < -0.4 is 0 Å². The van der Waals surface area contributed by atoms with Gasteiger partial charge in [0.1, 0.15) is 6.17 Å². The molecule has 1 N–H and O–H groups in total. The number of aliphatic carboxylic acids is 1. The SMILES string of the molecule is CC(C)(CC(=O)O)C(F)C(F)C(F)F. The maximum Gasteiger partial charge on any atom is 0.303 e. The first-order valence-electron chi connectivity index (χ1n) is 3.96. The summed E-state index contributed by atoms with van der Waals surface area (Å²) >= 11 is 0. The van der Waals surface area contributed by atoms with Crippen molar-refractivity contribution in [2.45, 2.75) is 39.0 Å². The first kappa shape index (κ1) is 13.2. The lowest BCUT2D eigenvalue weighted by Gasteiger charge is -2.28. The van der Waals surface area contributed by atoms with E-state index in [9.17, 15) is 22.4 Å². The topological polar surface area (TPSA) is 37.3 Å². The van der Waals surface area contributed by atoms with Crippen LogP contribution in [0.25, 0.3) is 0 Å². The van der Waals surface area contributed by atoms with Crippen LogP contribution in [-0.4, -0.2) is 29.8 Å². The van der Waals surface area contributed by atoms with Crippen LogP contribution >= 0.6 is 0 Å². The molecule has 0 rings (SSSR count). The molecule has 0 saturated carbocycles. The lowest BCUT2D eigenvalue weighted by atomic mass is 9.82. The maximum atomic E-state index is 13.1. The summed E-state index contributed by atoms with van der Waals surface area (Å²) in [7, 11) is 0. The van der Waals surface area contributed by atoms with Gasteiger partial charge in [0.2, 0.25) is 0 Å². The van der Waals surface area contributed by atoms with E-state index in [1.165, 1.54) is 0 Å². The molecule has 6 heteroatoms. The molecule has 0 aromatic rings. The number of hydrogen-bond acceptors (Lipinski definition) is 1. The number of halogens is 4. The van der Waals surface area contributed by atoms with Crippen LogP contribution in [-0.2, 0) is 4.79 Å². The molecule has 0 aliphatic heterocycles. The fourth-order valence-electron chi connectivity index (χ4n) is 1.05. The number of alkyl halides is 4. The van der Waals surface area contributed by atoms with E-state index in [1.54, 1.807) is 0 Å². The van der Waals surface area contributed by atoms with Crippen molar-refractivity contribution in [1.29, 1.82) is 0 Å². The highest BCUT2D eigenvalue weighted by Gasteiger charge is 2.42. The van der Waals surface area contributed by atoms with E-state index in [1.807, 2.05) is 0 Å². The monoisotopic (exact) mass is 216 g/mol. The first-order valence-corrected chi connectivity index (χ1v) is 3.96. The van der Waals surface area contributed by atoms with Gasteiger partial charge in [-0.2, -0.15) is 0 Å². The van der Waals surface area contributed by atoms with Gasteiger partial charge in [0, 0.05) is 5.41 Å². The summed E-state index contributed by atoms with van der Waals surface area (Å²) in [6.07, 6.45) is -9.55. The molecule has 2 unspecified atom stereocenters. The highest BCUT2D eigenvalue weighted by Crippen LogP contribution is 2.33. The summed E-state index contributed by atoms with van der Waals surface area (Å²) in [6, 6.07) is 0. The Morgan fingerprint density at radius 1 is 1.29 bits per heavy atom. The summed E-state index contributed by atoms with van der Waals surface area (Å²) in [5, 5.41) is 8.34. The predicted octanol–water partition coefficient (Wildman–Crippen LogP) is 2.43. The van der Waals surface area contributed by atoms with Crippen LogP contribution in [0.2, 0.25) is 0 Å². The van der Waals surface area contributed by atoms with Gasteiger partial charge in [-0.25, -0.2) is 17.6 Å². The smallest absolute Gasteiger partial charge is 0.303 e. The molecule has 0 aromatic carbocycles. The molecule has 0 aliphatic rings. The molecule has 0 aliphatic carbocycles. The zero-order valence-electron chi connectivity index (χ0n) is 7.81. The van der Waals surface area contributed by atoms with Crippen LogP contribution in [0.3, 0.4) is 0 Å². The number of hydrogen-bond donors (Lipinski definition) is 1. The minimum atomic E-state index is -3.43. The lowest BCUT2D eigenvalue weighted by Crippen LogP contribution is -2.39. The van der Waals surface area contributed by atoms with Crippen molar-refractivity contribution in [3.63, 3.8) is 0 Å². The van der Waals surface area contributed by atoms with Crippen molar-refractivity contribution in [3.8, 4) is 0 Å². The summed E-state index contributed by atoms with van der Waals surface area (Å²) in [5.41, 5.74) is -1.64. The Bertz CT molecular complexity index is 206. The largest absolute Gasteiger partial charge is 0.481 e. The van der Waals surface area contributed by atoms with E-state index < -0.39 is 36.6 Å². The van der Waals surface area contributed by atoms with Crippen LogP contribution in [0.5, 0.6) is 0 Å².